The van der Waals surface area contributed by atoms with Crippen LogP contribution in [0, 0.1) is 18.2 Å². The molecule has 10 rings (SSSR count). The van der Waals surface area contributed by atoms with Crippen LogP contribution in [-0.4, -0.2) is 6.71 Å². The molecule has 0 bridgehead atoms. The molecule has 8 aromatic rings. The zero-order chi connectivity index (χ0) is 40.1. The maximum absolute atomic E-state index is 10.3. The second-order valence-electron chi connectivity index (χ2n) is 13.8. The highest BCUT2D eigenvalue weighted by Gasteiger charge is 2.39. The van der Waals surface area contributed by atoms with Crippen molar-refractivity contribution in [2.45, 2.75) is 16.6 Å². The van der Waals surface area contributed by atoms with E-state index in [0.717, 1.165) is 55.6 Å². The molecule has 0 atom stereocenters. The van der Waals surface area contributed by atoms with E-state index in [1.54, 1.807) is 17.8 Å². The highest BCUT2D eigenvalue weighted by Crippen LogP contribution is 2.45. The second-order valence-corrected chi connectivity index (χ2v) is 14.9. The fourth-order valence-electron chi connectivity index (χ4n) is 8.04. The van der Waals surface area contributed by atoms with Gasteiger partial charge >= 0.3 is 0 Å². The fraction of sp³-hybridized carbons (Fsp3) is 0.0200. The van der Waals surface area contributed by atoms with Crippen LogP contribution in [0.25, 0.3) is 11.1 Å². The van der Waals surface area contributed by atoms with Crippen LogP contribution in [0.3, 0.4) is 0 Å². The third-order valence-electron chi connectivity index (χ3n) is 10.5. The molecule has 2 aliphatic rings. The smallest absolute Gasteiger partial charge is 0.253 e. The van der Waals surface area contributed by atoms with Crippen molar-refractivity contribution in [2.24, 2.45) is 0 Å². The molecule has 0 fully saturated rings. The van der Waals surface area contributed by atoms with Crippen molar-refractivity contribution in [1.82, 2.24) is 0 Å². The lowest BCUT2D eigenvalue weighted by Gasteiger charge is -2.34. The molecule has 56 heavy (non-hydrogen) atoms. The summed E-state index contributed by atoms with van der Waals surface area (Å²) in [5, 5.41) is 10.3. The molecule has 0 aromatic heterocycles. The normalized spacial score (nSPS) is 13.1. The maximum atomic E-state index is 10.3. The average Bonchev–Trinajstić information content (AvgIpc) is 3.27. The van der Waals surface area contributed by atoms with E-state index >= 15 is 0 Å². The summed E-state index contributed by atoms with van der Waals surface area (Å²) in [6.45, 7) is -2.63. The van der Waals surface area contributed by atoms with Crippen molar-refractivity contribution >= 4 is 69.0 Å². The van der Waals surface area contributed by atoms with E-state index in [2.05, 4.69) is 89.8 Å². The maximum Gasteiger partial charge on any atom is 0.253 e. The van der Waals surface area contributed by atoms with Crippen molar-refractivity contribution < 1.29 is 8.85 Å². The lowest BCUT2D eigenvalue weighted by Crippen LogP contribution is -2.57. The van der Waals surface area contributed by atoms with Gasteiger partial charge in [-0.3, -0.25) is 0 Å². The van der Waals surface area contributed by atoms with Gasteiger partial charge in [-0.2, -0.15) is 5.26 Å². The molecule has 8 aromatic carbocycles. The number of aryl methyl sites for hydroxylation is 1. The van der Waals surface area contributed by atoms with E-state index < -0.39 is 6.85 Å². The summed E-state index contributed by atoms with van der Waals surface area (Å²) >= 11 is 1.76. The third kappa shape index (κ3) is 5.81. The molecule has 0 radical (unpaired) electrons. The van der Waals surface area contributed by atoms with Gasteiger partial charge in [0, 0.05) is 47.9 Å². The summed E-state index contributed by atoms with van der Waals surface area (Å²) in [6, 6.07) is 65.0. The Kier molecular flexibility index (Phi) is 7.62. The number of ether oxygens (including phenoxy) is 1. The number of hydrogen-bond acceptors (Lipinski definition) is 5. The van der Waals surface area contributed by atoms with Crippen LogP contribution < -0.4 is 30.9 Å². The standard InChI is InChI=1S/C50H34BN3OS/c1-34-29-35(33-52)30-42(50(34)54(39-19-10-4-11-20-39)40-21-12-5-13-22-40)36-25-27-43-46(31-36)55-45-23-14-24-47-49(45)51(43)44-28-26-41(32-48(44)56-47)53(37-15-6-2-7-16-37)38-17-8-3-9-18-38/h2-32H,1H3/i1D3. The second kappa shape index (κ2) is 14.0. The highest BCUT2D eigenvalue weighted by atomic mass is 32.2. The minimum atomic E-state index is -2.53. The Hall–Kier alpha value is -6.94. The SMILES string of the molecule is [2H]C([2H])([2H])c1cc(C#N)cc(-c2ccc3c(c2)Oc2cccc4c2B3c2ccc(N(c3ccccc3)c3ccccc3)cc2S4)c1N(c1ccccc1)c1ccccc1. The Morgan fingerprint density at radius 2 is 1.16 bits per heavy atom. The summed E-state index contributed by atoms with van der Waals surface area (Å²) in [7, 11) is 0. The van der Waals surface area contributed by atoms with Crippen molar-refractivity contribution in [2.75, 3.05) is 9.80 Å². The number of benzene rings is 8. The van der Waals surface area contributed by atoms with Crippen LogP contribution in [0.5, 0.6) is 11.5 Å². The summed E-state index contributed by atoms with van der Waals surface area (Å²) in [4.78, 5) is 6.57. The van der Waals surface area contributed by atoms with Gasteiger partial charge in [0.25, 0.3) is 6.71 Å². The third-order valence-corrected chi connectivity index (χ3v) is 11.6. The monoisotopic (exact) mass is 738 g/mol. The van der Waals surface area contributed by atoms with Crippen LogP contribution in [0.2, 0.25) is 0 Å². The van der Waals surface area contributed by atoms with Crippen molar-refractivity contribution in [3.63, 3.8) is 0 Å². The topological polar surface area (TPSA) is 39.5 Å². The predicted molar refractivity (Wildman–Crippen MR) is 232 cm³/mol. The van der Waals surface area contributed by atoms with Gasteiger partial charge in [0.15, 0.2) is 0 Å². The van der Waals surface area contributed by atoms with Crippen molar-refractivity contribution in [1.29, 1.82) is 5.26 Å². The number of hydrogen-bond donors (Lipinski definition) is 0. The molecule has 2 aliphatic heterocycles. The molecule has 4 nitrogen and oxygen atoms in total. The van der Waals surface area contributed by atoms with E-state index in [4.69, 9.17) is 8.85 Å². The van der Waals surface area contributed by atoms with Gasteiger partial charge in [-0.1, -0.05) is 114 Å². The first kappa shape index (κ1) is 30.4. The van der Waals surface area contributed by atoms with Crippen molar-refractivity contribution in [3.8, 4) is 28.7 Å². The average molecular weight is 739 g/mol. The molecular formula is C50H34BN3OS. The van der Waals surface area contributed by atoms with Gasteiger partial charge in [-0.25, -0.2) is 0 Å². The van der Waals surface area contributed by atoms with Gasteiger partial charge in [0.05, 0.1) is 17.3 Å². The molecule has 0 unspecified atom stereocenters. The molecule has 0 amide bonds. The largest absolute Gasteiger partial charge is 0.458 e. The molecule has 0 saturated heterocycles. The van der Waals surface area contributed by atoms with Gasteiger partial charge in [0.2, 0.25) is 0 Å². The van der Waals surface area contributed by atoms with Crippen LogP contribution in [0.1, 0.15) is 15.2 Å². The Morgan fingerprint density at radius 1 is 0.554 bits per heavy atom. The first-order valence-corrected chi connectivity index (χ1v) is 19.3. The van der Waals surface area contributed by atoms with Crippen LogP contribution >= 0.6 is 11.8 Å². The molecule has 0 aliphatic carbocycles. The Morgan fingerprint density at radius 3 is 1.77 bits per heavy atom. The predicted octanol–water partition coefficient (Wildman–Crippen LogP) is 11.6. The van der Waals surface area contributed by atoms with E-state index in [1.165, 1.54) is 16.4 Å². The fourth-order valence-corrected chi connectivity index (χ4v) is 9.24. The van der Waals surface area contributed by atoms with E-state index in [0.29, 0.717) is 17.0 Å². The number of rotatable bonds is 7. The van der Waals surface area contributed by atoms with Gasteiger partial charge in [-0.15, -0.1) is 0 Å². The van der Waals surface area contributed by atoms with E-state index in [-0.39, 0.29) is 17.8 Å². The van der Waals surface area contributed by atoms with E-state index in [1.807, 2.05) is 102 Å². The number of nitriles is 1. The minimum Gasteiger partial charge on any atom is -0.458 e. The zero-order valence-corrected chi connectivity index (χ0v) is 30.9. The van der Waals surface area contributed by atoms with Crippen LogP contribution in [0.4, 0.5) is 34.1 Å². The Bertz CT molecular complexity index is 2830. The zero-order valence-electron chi connectivity index (χ0n) is 33.1. The molecule has 264 valence electrons. The molecule has 6 heteroatoms. The van der Waals surface area contributed by atoms with Gasteiger partial charge in [0.1, 0.15) is 11.5 Å². The number of anilines is 6. The summed E-state index contributed by atoms with van der Waals surface area (Å²) in [6.07, 6.45) is 0. The van der Waals surface area contributed by atoms with Crippen LogP contribution in [0.15, 0.2) is 198 Å². The number of nitrogens with zero attached hydrogens (tertiary/aromatic N) is 3. The Balaban J connectivity index is 1.14. The number of fused-ring (bicyclic) bond motifs is 4. The molecule has 2 heterocycles. The minimum absolute atomic E-state index is 0.0852. The van der Waals surface area contributed by atoms with Gasteiger partial charge in [-0.05, 0) is 120 Å². The molecule has 0 saturated carbocycles. The van der Waals surface area contributed by atoms with Crippen molar-refractivity contribution in [3.05, 3.63) is 199 Å². The van der Waals surface area contributed by atoms with E-state index in [9.17, 15) is 5.26 Å². The van der Waals surface area contributed by atoms with Crippen LogP contribution in [-0.2, 0) is 0 Å². The molecule has 0 N–H and O–H groups in total. The number of para-hydroxylation sites is 4. The van der Waals surface area contributed by atoms with Gasteiger partial charge < -0.3 is 14.5 Å². The quantitative estimate of drug-likeness (QED) is 0.152. The lowest BCUT2D eigenvalue weighted by atomic mass is 9.35. The Labute approximate surface area is 336 Å². The highest BCUT2D eigenvalue weighted by molar-refractivity contribution is 8.00. The molecular weight excluding hydrogens is 701 g/mol. The first-order valence-electron chi connectivity index (χ1n) is 20.0. The lowest BCUT2D eigenvalue weighted by molar-refractivity contribution is 0.486. The summed E-state index contributed by atoms with van der Waals surface area (Å²) < 4.78 is 33.0. The first-order chi connectivity index (χ1) is 28.9. The summed E-state index contributed by atoms with van der Waals surface area (Å²) in [5.41, 5.74) is 10.3. The molecule has 0 spiro atoms. The summed E-state index contributed by atoms with van der Waals surface area (Å²) in [5.74, 6) is 1.47.